The van der Waals surface area contributed by atoms with Crippen molar-refractivity contribution in [1.29, 1.82) is 0 Å². The Morgan fingerprint density at radius 3 is 1.26 bits per heavy atom. The molecule has 6 heteroatoms. The van der Waals surface area contributed by atoms with E-state index in [1.54, 1.807) is 0 Å². The minimum absolute atomic E-state index is 0.0985. The Bertz CT molecular complexity index is 477. The minimum atomic E-state index is -1.00. The van der Waals surface area contributed by atoms with Gasteiger partial charge in [0.1, 0.15) is 0 Å². The Labute approximate surface area is 188 Å². The molecule has 0 aromatic rings. The predicted octanol–water partition coefficient (Wildman–Crippen LogP) is 6.90. The van der Waals surface area contributed by atoms with Crippen molar-refractivity contribution >= 4 is 17.9 Å². The highest BCUT2D eigenvalue weighted by atomic mass is 16.4. The first kappa shape index (κ1) is 29.4. The summed E-state index contributed by atoms with van der Waals surface area (Å²) in [5.74, 6) is -3.94. The Kier molecular flexibility index (Phi) is 19.3. The van der Waals surface area contributed by atoms with E-state index in [9.17, 15) is 24.6 Å². The lowest BCUT2D eigenvalue weighted by atomic mass is 9.91. The maximum Gasteiger partial charge on any atom is 0.306 e. The molecule has 0 saturated carbocycles. The maximum atomic E-state index is 11.5. The lowest BCUT2D eigenvalue weighted by molar-refractivity contribution is -0.143. The van der Waals surface area contributed by atoms with Gasteiger partial charge >= 0.3 is 17.9 Å². The number of rotatable bonds is 23. The van der Waals surface area contributed by atoms with E-state index in [1.165, 1.54) is 64.2 Å². The van der Waals surface area contributed by atoms with Gasteiger partial charge in [-0.1, -0.05) is 96.8 Å². The normalized spacial score (nSPS) is 13.1. The molecular formula is C25H46O6. The second-order valence-electron chi connectivity index (χ2n) is 8.96. The summed E-state index contributed by atoms with van der Waals surface area (Å²) in [7, 11) is 0. The predicted molar refractivity (Wildman–Crippen MR) is 123 cm³/mol. The molecular weight excluding hydrogens is 396 g/mol. The van der Waals surface area contributed by atoms with Crippen LogP contribution in [0.15, 0.2) is 0 Å². The average molecular weight is 443 g/mol. The third-order valence-corrected chi connectivity index (χ3v) is 6.17. The number of aliphatic carboxylic acids is 3. The van der Waals surface area contributed by atoms with Crippen LogP contribution in [0.3, 0.4) is 0 Å². The van der Waals surface area contributed by atoms with Gasteiger partial charge in [0.15, 0.2) is 0 Å². The molecule has 0 amide bonds. The van der Waals surface area contributed by atoms with Gasteiger partial charge in [0.05, 0.1) is 11.8 Å². The summed E-state index contributed by atoms with van der Waals surface area (Å²) in [6.45, 7) is 2.24. The van der Waals surface area contributed by atoms with E-state index >= 15 is 0 Å². The fraction of sp³-hybridized carbons (Fsp3) is 0.880. The number of carboxylic acids is 3. The first-order valence-corrected chi connectivity index (χ1v) is 12.6. The summed E-state index contributed by atoms with van der Waals surface area (Å²) in [4.78, 5) is 33.3. The van der Waals surface area contributed by atoms with Crippen molar-refractivity contribution in [1.82, 2.24) is 0 Å². The zero-order chi connectivity index (χ0) is 23.3. The summed E-state index contributed by atoms with van der Waals surface area (Å²) in [5.41, 5.74) is 0. The lowest BCUT2D eigenvalue weighted by Gasteiger charge is -2.15. The number of unbranched alkanes of at least 4 members (excludes halogenated alkanes) is 12. The van der Waals surface area contributed by atoms with Crippen molar-refractivity contribution < 1.29 is 29.7 Å². The molecule has 0 spiro atoms. The van der Waals surface area contributed by atoms with Crippen molar-refractivity contribution in [3.63, 3.8) is 0 Å². The van der Waals surface area contributed by atoms with Crippen LogP contribution in [-0.2, 0) is 14.4 Å². The molecule has 0 fully saturated rings. The first-order chi connectivity index (χ1) is 14.9. The number of carbonyl (C=O) groups is 3. The van der Waals surface area contributed by atoms with Crippen molar-refractivity contribution in [2.24, 2.45) is 11.8 Å². The highest BCUT2D eigenvalue weighted by Gasteiger charge is 2.21. The summed E-state index contributed by atoms with van der Waals surface area (Å²) in [5, 5.41) is 27.3. The Balaban J connectivity index is 3.77. The zero-order valence-electron chi connectivity index (χ0n) is 19.7. The molecule has 6 nitrogen and oxygen atoms in total. The van der Waals surface area contributed by atoms with Gasteiger partial charge in [-0.2, -0.15) is 0 Å². The highest BCUT2D eigenvalue weighted by molar-refractivity contribution is 5.72. The van der Waals surface area contributed by atoms with Gasteiger partial charge in [0, 0.05) is 6.42 Å². The van der Waals surface area contributed by atoms with Crippen LogP contribution in [0, 0.1) is 11.8 Å². The van der Waals surface area contributed by atoms with Crippen LogP contribution in [0.5, 0.6) is 0 Å². The molecule has 31 heavy (non-hydrogen) atoms. The fourth-order valence-corrected chi connectivity index (χ4v) is 4.10. The standard InChI is InChI=1S/C25H46O6/c1-2-3-4-5-6-7-8-9-10-11-12-13-14-16-21(24(28)29)17-15-18-22(25(30)31)19-20-23(26)27/h21-22H,2-20H2,1H3,(H,26,27)(H,28,29)(H,30,31). The van der Waals surface area contributed by atoms with Gasteiger partial charge < -0.3 is 15.3 Å². The molecule has 0 aliphatic carbocycles. The number of carboxylic acid groups (broad SMARTS) is 3. The second-order valence-corrected chi connectivity index (χ2v) is 8.96. The van der Waals surface area contributed by atoms with Crippen molar-refractivity contribution in [2.75, 3.05) is 0 Å². The zero-order valence-corrected chi connectivity index (χ0v) is 19.7. The fourth-order valence-electron chi connectivity index (χ4n) is 4.10. The molecule has 0 aliphatic heterocycles. The molecule has 0 aromatic carbocycles. The van der Waals surface area contributed by atoms with Gasteiger partial charge in [0.2, 0.25) is 0 Å². The van der Waals surface area contributed by atoms with E-state index < -0.39 is 29.7 Å². The van der Waals surface area contributed by atoms with E-state index in [4.69, 9.17) is 5.11 Å². The molecule has 2 atom stereocenters. The van der Waals surface area contributed by atoms with Crippen molar-refractivity contribution in [3.8, 4) is 0 Å². The molecule has 0 rings (SSSR count). The third kappa shape index (κ3) is 18.9. The Morgan fingerprint density at radius 2 is 0.871 bits per heavy atom. The molecule has 182 valence electrons. The van der Waals surface area contributed by atoms with Gasteiger partial charge in [0.25, 0.3) is 0 Å². The molecule has 0 bridgehead atoms. The quantitative estimate of drug-likeness (QED) is 0.148. The highest BCUT2D eigenvalue weighted by Crippen LogP contribution is 2.22. The van der Waals surface area contributed by atoms with Gasteiger partial charge in [-0.25, -0.2) is 0 Å². The van der Waals surface area contributed by atoms with Gasteiger partial charge in [-0.3, -0.25) is 14.4 Å². The summed E-state index contributed by atoms with van der Waals surface area (Å²) >= 11 is 0. The van der Waals surface area contributed by atoms with Crippen molar-refractivity contribution in [2.45, 2.75) is 129 Å². The average Bonchev–Trinajstić information content (AvgIpc) is 2.71. The maximum absolute atomic E-state index is 11.5. The number of hydrogen-bond acceptors (Lipinski definition) is 3. The second kappa shape index (κ2) is 20.3. The first-order valence-electron chi connectivity index (χ1n) is 12.6. The van der Waals surface area contributed by atoms with Crippen molar-refractivity contribution in [3.05, 3.63) is 0 Å². The lowest BCUT2D eigenvalue weighted by Crippen LogP contribution is -2.17. The Hall–Kier alpha value is -1.59. The van der Waals surface area contributed by atoms with Crippen LogP contribution >= 0.6 is 0 Å². The molecule has 0 aliphatic rings. The molecule has 0 saturated heterocycles. The molecule has 0 heterocycles. The SMILES string of the molecule is CCCCCCCCCCCCCCCC(CCCC(CCC(=O)O)C(=O)O)C(=O)O. The Morgan fingerprint density at radius 1 is 0.516 bits per heavy atom. The van der Waals surface area contributed by atoms with Crippen LogP contribution in [0.2, 0.25) is 0 Å². The van der Waals surface area contributed by atoms with Crippen LogP contribution < -0.4 is 0 Å². The number of hydrogen-bond donors (Lipinski definition) is 3. The van der Waals surface area contributed by atoms with Crippen LogP contribution in [0.1, 0.15) is 129 Å². The van der Waals surface area contributed by atoms with Crippen LogP contribution in [0.25, 0.3) is 0 Å². The smallest absolute Gasteiger partial charge is 0.306 e. The van der Waals surface area contributed by atoms with E-state index in [1.807, 2.05) is 0 Å². The summed E-state index contributed by atoms with van der Waals surface area (Å²) < 4.78 is 0. The summed E-state index contributed by atoms with van der Waals surface area (Å²) in [6.07, 6.45) is 18.2. The monoisotopic (exact) mass is 442 g/mol. The summed E-state index contributed by atoms with van der Waals surface area (Å²) in [6, 6.07) is 0. The molecule has 0 aromatic heterocycles. The largest absolute Gasteiger partial charge is 0.481 e. The van der Waals surface area contributed by atoms with E-state index in [2.05, 4.69) is 6.92 Å². The van der Waals surface area contributed by atoms with Crippen LogP contribution in [0.4, 0.5) is 0 Å². The molecule has 3 N–H and O–H groups in total. The van der Waals surface area contributed by atoms with Gasteiger partial charge in [-0.05, 0) is 25.7 Å². The van der Waals surface area contributed by atoms with E-state index in [-0.39, 0.29) is 12.8 Å². The molecule has 0 radical (unpaired) electrons. The van der Waals surface area contributed by atoms with Crippen LogP contribution in [-0.4, -0.2) is 33.2 Å². The topological polar surface area (TPSA) is 112 Å². The minimum Gasteiger partial charge on any atom is -0.481 e. The van der Waals surface area contributed by atoms with Gasteiger partial charge in [-0.15, -0.1) is 0 Å². The third-order valence-electron chi connectivity index (χ3n) is 6.17. The van der Waals surface area contributed by atoms with E-state index in [0.717, 1.165) is 19.3 Å². The molecule has 2 unspecified atom stereocenters. The van der Waals surface area contributed by atoms with E-state index in [0.29, 0.717) is 25.7 Å².